The second-order valence-electron chi connectivity index (χ2n) is 5.84. The van der Waals surface area contributed by atoms with E-state index < -0.39 is 0 Å². The first-order valence-corrected chi connectivity index (χ1v) is 7.80. The van der Waals surface area contributed by atoms with Crippen LogP contribution in [0.15, 0.2) is 30.7 Å². The molecule has 0 bridgehead atoms. The van der Waals surface area contributed by atoms with Crippen molar-refractivity contribution in [1.82, 2.24) is 15.0 Å². The Morgan fingerprint density at radius 2 is 2.17 bits per heavy atom. The lowest BCUT2D eigenvalue weighted by Gasteiger charge is -2.24. The number of hydrogen-bond acceptors (Lipinski definition) is 6. The van der Waals surface area contributed by atoms with Gasteiger partial charge in [0.25, 0.3) is 0 Å². The minimum absolute atomic E-state index is 0.169. The van der Waals surface area contributed by atoms with Crippen LogP contribution in [0.1, 0.15) is 17.7 Å². The molecule has 23 heavy (non-hydrogen) atoms. The normalized spacial score (nSPS) is 20.7. The van der Waals surface area contributed by atoms with Gasteiger partial charge in [-0.05, 0) is 38.0 Å². The molecule has 0 N–H and O–H groups in total. The predicted octanol–water partition coefficient (Wildman–Crippen LogP) is 2.16. The zero-order valence-electron chi connectivity index (χ0n) is 13.8. The van der Waals surface area contributed by atoms with Crippen molar-refractivity contribution >= 4 is 5.95 Å². The number of pyridine rings is 1. The van der Waals surface area contributed by atoms with Crippen molar-refractivity contribution < 1.29 is 9.47 Å². The molecule has 0 spiro atoms. The van der Waals surface area contributed by atoms with Crippen LogP contribution >= 0.6 is 0 Å². The zero-order chi connectivity index (χ0) is 16.2. The molecule has 1 fully saturated rings. The largest absolute Gasteiger partial charge is 0.490 e. The summed E-state index contributed by atoms with van der Waals surface area (Å²) >= 11 is 0. The smallest absolute Gasteiger partial charge is 0.225 e. The molecule has 6 nitrogen and oxygen atoms in total. The summed E-state index contributed by atoms with van der Waals surface area (Å²) in [5.74, 6) is 1.52. The molecule has 122 valence electrons. The maximum atomic E-state index is 5.87. The van der Waals surface area contributed by atoms with E-state index in [2.05, 4.69) is 19.9 Å². The Balaban J connectivity index is 1.74. The van der Waals surface area contributed by atoms with Crippen molar-refractivity contribution in [3.05, 3.63) is 42.0 Å². The first-order valence-electron chi connectivity index (χ1n) is 7.80. The minimum Gasteiger partial charge on any atom is -0.490 e. The molecule has 1 aliphatic rings. The summed E-state index contributed by atoms with van der Waals surface area (Å²) in [5.41, 5.74) is 2.10. The lowest BCUT2D eigenvalue weighted by atomic mass is 10.2. The number of methoxy groups -OCH3 is 1. The lowest BCUT2D eigenvalue weighted by molar-refractivity contribution is 0.115. The van der Waals surface area contributed by atoms with Crippen LogP contribution in [0.3, 0.4) is 0 Å². The Hall–Kier alpha value is -2.21. The fourth-order valence-corrected chi connectivity index (χ4v) is 2.73. The maximum absolute atomic E-state index is 5.87. The standard InChI is InChI=1S/C17H22N4O2/c1-12-8-19-17(20-13(12)2)21-10-16(22-3)7-14(21)11-23-15-5-4-6-18-9-15/h4-6,8-9,14,16H,7,10-11H2,1-3H3/t14-,16+/m0/s1. The van der Waals surface area contributed by atoms with E-state index in [-0.39, 0.29) is 12.1 Å². The third-order valence-corrected chi connectivity index (χ3v) is 4.26. The highest BCUT2D eigenvalue weighted by Gasteiger charge is 2.34. The summed E-state index contributed by atoms with van der Waals surface area (Å²) in [6.45, 7) is 5.36. The topological polar surface area (TPSA) is 60.4 Å². The molecule has 1 aliphatic heterocycles. The van der Waals surface area contributed by atoms with E-state index in [1.807, 2.05) is 32.2 Å². The Labute approximate surface area is 136 Å². The number of rotatable bonds is 5. The third-order valence-electron chi connectivity index (χ3n) is 4.26. The lowest BCUT2D eigenvalue weighted by Crippen LogP contribution is -2.35. The number of aromatic nitrogens is 3. The van der Waals surface area contributed by atoms with Crippen LogP contribution in [0.2, 0.25) is 0 Å². The fraction of sp³-hybridized carbons (Fsp3) is 0.471. The second-order valence-corrected chi connectivity index (χ2v) is 5.84. The molecule has 2 aromatic heterocycles. The van der Waals surface area contributed by atoms with E-state index in [0.717, 1.165) is 35.9 Å². The monoisotopic (exact) mass is 314 g/mol. The van der Waals surface area contributed by atoms with E-state index >= 15 is 0 Å². The van der Waals surface area contributed by atoms with Gasteiger partial charge in [-0.25, -0.2) is 9.97 Å². The molecule has 1 saturated heterocycles. The van der Waals surface area contributed by atoms with Crippen LogP contribution in [0, 0.1) is 13.8 Å². The number of hydrogen-bond donors (Lipinski definition) is 0. The first-order chi connectivity index (χ1) is 11.2. The van der Waals surface area contributed by atoms with E-state index in [0.29, 0.717) is 6.61 Å². The molecule has 0 aliphatic carbocycles. The molecule has 3 rings (SSSR count). The molecule has 3 heterocycles. The van der Waals surface area contributed by atoms with Crippen molar-refractivity contribution in [2.45, 2.75) is 32.4 Å². The van der Waals surface area contributed by atoms with Gasteiger partial charge < -0.3 is 14.4 Å². The summed E-state index contributed by atoms with van der Waals surface area (Å²) in [4.78, 5) is 15.4. The second kappa shape index (κ2) is 6.91. The Morgan fingerprint density at radius 1 is 1.30 bits per heavy atom. The van der Waals surface area contributed by atoms with Crippen molar-refractivity contribution in [3.63, 3.8) is 0 Å². The van der Waals surface area contributed by atoms with Gasteiger partial charge in [0, 0.05) is 31.7 Å². The number of anilines is 1. The van der Waals surface area contributed by atoms with Gasteiger partial charge in [0.05, 0.1) is 18.3 Å². The highest BCUT2D eigenvalue weighted by Crippen LogP contribution is 2.25. The van der Waals surface area contributed by atoms with Crippen LogP contribution in [-0.2, 0) is 4.74 Å². The van der Waals surface area contributed by atoms with Crippen molar-refractivity contribution in [2.75, 3.05) is 25.2 Å². The molecule has 2 aromatic rings. The van der Waals surface area contributed by atoms with Crippen LogP contribution < -0.4 is 9.64 Å². The van der Waals surface area contributed by atoms with E-state index in [9.17, 15) is 0 Å². The minimum atomic E-state index is 0.169. The van der Waals surface area contributed by atoms with Crippen molar-refractivity contribution in [2.24, 2.45) is 0 Å². The third kappa shape index (κ3) is 3.59. The van der Waals surface area contributed by atoms with Crippen LogP contribution in [0.4, 0.5) is 5.95 Å². The quantitative estimate of drug-likeness (QED) is 0.843. The fourth-order valence-electron chi connectivity index (χ4n) is 2.73. The molecule has 0 amide bonds. The van der Waals surface area contributed by atoms with Crippen LogP contribution in [0.5, 0.6) is 5.75 Å². The predicted molar refractivity (Wildman–Crippen MR) is 87.8 cm³/mol. The Kier molecular flexibility index (Phi) is 4.71. The van der Waals surface area contributed by atoms with E-state index in [1.54, 1.807) is 19.5 Å². The highest BCUT2D eigenvalue weighted by atomic mass is 16.5. The molecular weight excluding hydrogens is 292 g/mol. The number of aryl methyl sites for hydroxylation is 2. The van der Waals surface area contributed by atoms with Gasteiger partial charge in [0.15, 0.2) is 0 Å². The Bertz CT molecular complexity index is 650. The number of nitrogens with zero attached hydrogens (tertiary/aromatic N) is 4. The van der Waals surface area contributed by atoms with Gasteiger partial charge in [-0.15, -0.1) is 0 Å². The van der Waals surface area contributed by atoms with Crippen molar-refractivity contribution in [1.29, 1.82) is 0 Å². The average molecular weight is 314 g/mol. The van der Waals surface area contributed by atoms with Crippen molar-refractivity contribution in [3.8, 4) is 5.75 Å². The van der Waals surface area contributed by atoms with Gasteiger partial charge >= 0.3 is 0 Å². The van der Waals surface area contributed by atoms with Gasteiger partial charge in [-0.2, -0.15) is 0 Å². The van der Waals surface area contributed by atoms with Gasteiger partial charge in [-0.1, -0.05) is 0 Å². The molecular formula is C17H22N4O2. The number of ether oxygens (including phenoxy) is 2. The summed E-state index contributed by atoms with van der Waals surface area (Å²) in [6, 6.07) is 3.96. The van der Waals surface area contributed by atoms with Gasteiger partial charge in [0.1, 0.15) is 12.4 Å². The average Bonchev–Trinajstić information content (AvgIpc) is 3.00. The van der Waals surface area contributed by atoms with Gasteiger partial charge in [0.2, 0.25) is 5.95 Å². The molecule has 0 saturated carbocycles. The molecule has 0 aromatic carbocycles. The Morgan fingerprint density at radius 3 is 2.87 bits per heavy atom. The van der Waals surface area contributed by atoms with E-state index in [1.165, 1.54) is 0 Å². The van der Waals surface area contributed by atoms with Crippen LogP contribution in [0.25, 0.3) is 0 Å². The first kappa shape index (κ1) is 15.7. The maximum Gasteiger partial charge on any atom is 0.225 e. The summed E-state index contributed by atoms with van der Waals surface area (Å²) in [6.07, 6.45) is 6.39. The summed E-state index contributed by atoms with van der Waals surface area (Å²) < 4.78 is 11.4. The molecule has 0 radical (unpaired) electrons. The molecule has 6 heteroatoms. The highest BCUT2D eigenvalue weighted by molar-refractivity contribution is 5.36. The SMILES string of the molecule is CO[C@@H]1C[C@@H](COc2cccnc2)N(c2ncc(C)c(C)n2)C1. The molecule has 0 unspecified atom stereocenters. The van der Waals surface area contributed by atoms with Crippen LogP contribution in [-0.4, -0.2) is 47.4 Å². The summed E-state index contributed by atoms with van der Waals surface area (Å²) in [7, 11) is 1.74. The summed E-state index contributed by atoms with van der Waals surface area (Å²) in [5, 5.41) is 0. The molecule has 2 atom stereocenters. The zero-order valence-corrected chi connectivity index (χ0v) is 13.8. The van der Waals surface area contributed by atoms with E-state index in [4.69, 9.17) is 9.47 Å². The van der Waals surface area contributed by atoms with Gasteiger partial charge in [-0.3, -0.25) is 4.98 Å².